The van der Waals surface area contributed by atoms with Crippen LogP contribution >= 0.6 is 0 Å². The van der Waals surface area contributed by atoms with E-state index in [1.807, 2.05) is 19.9 Å². The van der Waals surface area contributed by atoms with Crippen molar-refractivity contribution in [3.63, 3.8) is 0 Å². The number of hydrogen-bond acceptors (Lipinski definition) is 6. The Hall–Kier alpha value is -2.19. The van der Waals surface area contributed by atoms with Gasteiger partial charge in [-0.05, 0) is 37.1 Å². The van der Waals surface area contributed by atoms with Crippen molar-refractivity contribution in [2.45, 2.75) is 33.3 Å². The van der Waals surface area contributed by atoms with Crippen molar-refractivity contribution >= 4 is 26.8 Å². The highest BCUT2D eigenvalue weighted by Crippen LogP contribution is 2.29. The molecular weight excluding hydrogens is 344 g/mol. The highest BCUT2D eigenvalue weighted by molar-refractivity contribution is 7.73. The van der Waals surface area contributed by atoms with Crippen molar-refractivity contribution in [2.24, 2.45) is 11.0 Å². The molecule has 2 atom stereocenters. The summed E-state index contributed by atoms with van der Waals surface area (Å²) in [5.41, 5.74) is 5.18. The number of methoxy groups -OCH3 is 2. The molecule has 0 bridgehead atoms. The largest absolute Gasteiger partial charge is 0.496 e. The predicted octanol–water partition coefficient (Wildman–Crippen LogP) is 1.37. The Morgan fingerprint density at radius 3 is 2.60 bits per heavy atom. The van der Waals surface area contributed by atoms with Crippen molar-refractivity contribution in [3.8, 4) is 0 Å². The normalized spacial score (nSPS) is 24.6. The van der Waals surface area contributed by atoms with Crippen molar-refractivity contribution in [2.75, 3.05) is 14.2 Å². The molecule has 0 spiro atoms. The third kappa shape index (κ3) is 3.91. The van der Waals surface area contributed by atoms with E-state index >= 15 is 0 Å². The Labute approximate surface area is 148 Å². The first-order valence-corrected chi connectivity index (χ1v) is 8.88. The number of hydrogen-bond donors (Lipinski definition) is 1. The molecule has 1 aliphatic carbocycles. The second-order valence-corrected chi connectivity index (χ2v) is 6.92. The smallest absolute Gasteiger partial charge is 0.240 e. The number of nitrogens with zero attached hydrogens (tertiary/aromatic N) is 1. The highest BCUT2D eigenvalue weighted by Gasteiger charge is 2.31. The fourth-order valence-electron chi connectivity index (χ4n) is 2.91. The minimum absolute atomic E-state index is 0.0230. The van der Waals surface area contributed by atoms with Crippen LogP contribution in [0.3, 0.4) is 0 Å². The number of carbonyl (C=O) groups is 1. The molecule has 0 aromatic heterocycles. The molecule has 2 aliphatic rings. The van der Waals surface area contributed by atoms with E-state index in [2.05, 4.69) is 10.5 Å². The van der Waals surface area contributed by atoms with Crippen LogP contribution in [0.5, 0.6) is 0 Å². The van der Waals surface area contributed by atoms with Crippen LogP contribution in [0.1, 0.15) is 27.2 Å². The molecule has 0 aromatic rings. The maximum Gasteiger partial charge on any atom is 0.240 e. The van der Waals surface area contributed by atoms with Gasteiger partial charge in [-0.1, -0.05) is 6.92 Å². The van der Waals surface area contributed by atoms with Gasteiger partial charge in [-0.2, -0.15) is 13.5 Å². The lowest BCUT2D eigenvalue weighted by Crippen LogP contribution is -2.33. The molecule has 136 valence electrons. The molecule has 2 rings (SSSR count). The van der Waals surface area contributed by atoms with Gasteiger partial charge in [0.15, 0.2) is 0 Å². The van der Waals surface area contributed by atoms with Gasteiger partial charge in [-0.3, -0.25) is 4.79 Å². The van der Waals surface area contributed by atoms with Gasteiger partial charge in [0.25, 0.3) is 0 Å². The number of carbonyl (C=O) groups excluding carboxylic acids is 1. The first-order valence-electron chi connectivity index (χ1n) is 7.80. The van der Waals surface area contributed by atoms with Crippen LogP contribution in [0, 0.1) is 5.92 Å². The van der Waals surface area contributed by atoms with Crippen molar-refractivity contribution in [1.29, 1.82) is 0 Å². The lowest BCUT2D eigenvalue weighted by atomic mass is 9.88. The van der Waals surface area contributed by atoms with E-state index in [1.54, 1.807) is 13.0 Å². The van der Waals surface area contributed by atoms with E-state index in [0.717, 1.165) is 11.3 Å². The Morgan fingerprint density at radius 2 is 2.08 bits per heavy atom. The average molecular weight is 366 g/mol. The first kappa shape index (κ1) is 19.1. The van der Waals surface area contributed by atoms with Crippen LogP contribution in [-0.4, -0.2) is 45.2 Å². The van der Waals surface area contributed by atoms with Crippen LogP contribution in [0.25, 0.3) is 0 Å². The maximum absolute atomic E-state index is 11.7. The Balaban J connectivity index is 2.53. The van der Waals surface area contributed by atoms with Crippen molar-refractivity contribution in [3.05, 3.63) is 34.6 Å². The molecule has 25 heavy (non-hydrogen) atoms. The van der Waals surface area contributed by atoms with Gasteiger partial charge in [0.2, 0.25) is 16.2 Å². The fourth-order valence-corrected chi connectivity index (χ4v) is 3.66. The number of allylic oxidation sites excluding steroid dienone is 2. The monoisotopic (exact) mass is 366 g/mol. The van der Waals surface area contributed by atoms with Gasteiger partial charge in [0, 0.05) is 25.0 Å². The SMILES string of the molecule is COC1=C(C)C(=S(=O)=O)C(OC)C(C(C)=CC2=NNC(=O)CC2C)=C1. The summed E-state index contributed by atoms with van der Waals surface area (Å²) in [6, 6.07) is 0. The summed E-state index contributed by atoms with van der Waals surface area (Å²) in [5, 5.41) is 4.09. The van der Waals surface area contributed by atoms with E-state index in [1.165, 1.54) is 14.2 Å². The summed E-state index contributed by atoms with van der Waals surface area (Å²) < 4.78 is 34.2. The minimum Gasteiger partial charge on any atom is -0.496 e. The van der Waals surface area contributed by atoms with Crippen molar-refractivity contribution in [1.82, 2.24) is 5.43 Å². The molecule has 1 amide bonds. The lowest BCUT2D eigenvalue weighted by molar-refractivity contribution is -0.121. The van der Waals surface area contributed by atoms with E-state index in [-0.39, 0.29) is 16.7 Å². The van der Waals surface area contributed by atoms with Gasteiger partial charge in [-0.25, -0.2) is 5.43 Å². The molecule has 0 aromatic carbocycles. The zero-order chi connectivity index (χ0) is 18.7. The average Bonchev–Trinajstić information content (AvgIpc) is 2.56. The first-order chi connectivity index (χ1) is 11.8. The maximum atomic E-state index is 11.7. The second-order valence-electron chi connectivity index (χ2n) is 6.01. The minimum atomic E-state index is -2.44. The summed E-state index contributed by atoms with van der Waals surface area (Å²) in [6.45, 7) is 5.45. The van der Waals surface area contributed by atoms with Crippen LogP contribution < -0.4 is 5.43 Å². The van der Waals surface area contributed by atoms with Crippen LogP contribution in [0.4, 0.5) is 0 Å². The highest BCUT2D eigenvalue weighted by atomic mass is 32.2. The molecule has 8 heteroatoms. The molecule has 0 fully saturated rings. The molecule has 0 saturated carbocycles. The van der Waals surface area contributed by atoms with E-state index < -0.39 is 16.4 Å². The van der Waals surface area contributed by atoms with Gasteiger partial charge in [-0.15, -0.1) is 0 Å². The Kier molecular flexibility index (Phi) is 5.97. The van der Waals surface area contributed by atoms with Gasteiger partial charge < -0.3 is 9.47 Å². The molecule has 7 nitrogen and oxygen atoms in total. The van der Waals surface area contributed by atoms with E-state index in [9.17, 15) is 13.2 Å². The number of hydrazone groups is 1. The van der Waals surface area contributed by atoms with E-state index in [4.69, 9.17) is 9.47 Å². The van der Waals surface area contributed by atoms with Crippen LogP contribution in [-0.2, 0) is 24.6 Å². The quantitative estimate of drug-likeness (QED) is 0.759. The Morgan fingerprint density at radius 1 is 1.40 bits per heavy atom. The summed E-state index contributed by atoms with van der Waals surface area (Å²) in [7, 11) is 0.515. The number of amides is 1. The number of rotatable bonds is 4. The number of ether oxygens (including phenoxy) is 2. The predicted molar refractivity (Wildman–Crippen MR) is 95.6 cm³/mol. The second kappa shape index (κ2) is 7.79. The molecule has 1 heterocycles. The Bertz CT molecular complexity index is 838. The van der Waals surface area contributed by atoms with Crippen LogP contribution in [0.2, 0.25) is 0 Å². The van der Waals surface area contributed by atoms with Gasteiger partial charge >= 0.3 is 0 Å². The molecule has 2 unspecified atom stereocenters. The topological polar surface area (TPSA) is 94.1 Å². The summed E-state index contributed by atoms with van der Waals surface area (Å²) in [4.78, 5) is 11.5. The van der Waals surface area contributed by atoms with Crippen LogP contribution in [0.15, 0.2) is 39.7 Å². The summed E-state index contributed by atoms with van der Waals surface area (Å²) >= 11 is 0. The zero-order valence-corrected chi connectivity index (χ0v) is 15.7. The molecule has 1 aliphatic heterocycles. The van der Waals surface area contributed by atoms with Crippen molar-refractivity contribution < 1.29 is 22.7 Å². The third-order valence-corrected chi connectivity index (χ3v) is 5.19. The number of nitrogens with one attached hydrogen (secondary N) is 1. The molecule has 0 saturated heterocycles. The zero-order valence-electron chi connectivity index (χ0n) is 14.9. The standard InChI is InChI=1S/C17H22N2O5S/c1-9(6-13-10(2)7-15(20)19-18-13)12-8-14(23-4)11(3)17(25(21)22)16(12)24-5/h6,8,10,16H,7H2,1-5H3,(H,19,20). The van der Waals surface area contributed by atoms with E-state index in [0.29, 0.717) is 23.3 Å². The fraction of sp³-hybridized carbons (Fsp3) is 0.471. The molecular formula is C17H22N2O5S. The molecule has 1 N–H and O–H groups in total. The van der Waals surface area contributed by atoms with Gasteiger partial charge in [0.05, 0.1) is 12.8 Å². The summed E-state index contributed by atoms with van der Waals surface area (Å²) in [6.07, 6.45) is 3.25. The van der Waals surface area contributed by atoms with Gasteiger partial charge in [0.1, 0.15) is 16.7 Å². The third-order valence-electron chi connectivity index (χ3n) is 4.31. The lowest BCUT2D eigenvalue weighted by Gasteiger charge is -2.26. The summed E-state index contributed by atoms with van der Waals surface area (Å²) in [5.74, 6) is 0.332. The molecule has 0 radical (unpaired) electrons.